The van der Waals surface area contributed by atoms with E-state index in [1.807, 2.05) is 13.8 Å². The van der Waals surface area contributed by atoms with Crippen LogP contribution >= 0.6 is 11.6 Å². The molecule has 1 aliphatic rings. The Kier molecular flexibility index (Phi) is 4.99. The van der Waals surface area contributed by atoms with Crippen LogP contribution in [0.5, 0.6) is 0 Å². The van der Waals surface area contributed by atoms with Crippen molar-refractivity contribution < 1.29 is 0 Å². The lowest BCUT2D eigenvalue weighted by Crippen LogP contribution is -2.30. The molecule has 2 heterocycles. The lowest BCUT2D eigenvalue weighted by molar-refractivity contribution is 0.215. The van der Waals surface area contributed by atoms with E-state index in [4.69, 9.17) is 11.6 Å². The number of nitrogens with zero attached hydrogens (tertiary/aromatic N) is 3. The molecule has 0 atom stereocenters. The third-order valence-corrected chi connectivity index (χ3v) is 4.25. The quantitative estimate of drug-likeness (QED) is 0.862. The molecule has 1 aliphatic heterocycles. The summed E-state index contributed by atoms with van der Waals surface area (Å²) in [4.78, 5) is 11.0. The molecule has 0 spiro atoms. The molecule has 1 saturated heterocycles. The van der Waals surface area contributed by atoms with Gasteiger partial charge in [-0.3, -0.25) is 0 Å². The molecule has 19 heavy (non-hydrogen) atoms. The predicted molar refractivity (Wildman–Crippen MR) is 79.8 cm³/mol. The number of aromatic nitrogens is 2. The highest BCUT2D eigenvalue weighted by atomic mass is 35.5. The Labute approximate surface area is 120 Å². The molecule has 0 bridgehead atoms. The van der Waals surface area contributed by atoms with E-state index in [-0.39, 0.29) is 0 Å². The van der Waals surface area contributed by atoms with Crippen molar-refractivity contribution in [3.8, 4) is 0 Å². The van der Waals surface area contributed by atoms with Crippen LogP contribution in [-0.2, 0) is 0 Å². The zero-order valence-electron chi connectivity index (χ0n) is 12.0. The maximum absolute atomic E-state index is 6.07. The SMILES string of the molecule is Cc1nc(Cl)c(C)c(NCCC2CCN(C)CC2)n1. The predicted octanol–water partition coefficient (Wildman–Crippen LogP) is 2.89. The molecule has 1 aromatic rings. The van der Waals surface area contributed by atoms with Crippen molar-refractivity contribution >= 4 is 17.4 Å². The van der Waals surface area contributed by atoms with Gasteiger partial charge in [-0.05, 0) is 59.2 Å². The van der Waals surface area contributed by atoms with Crippen LogP contribution in [0, 0.1) is 19.8 Å². The molecule has 2 rings (SSSR count). The van der Waals surface area contributed by atoms with Gasteiger partial charge in [-0.25, -0.2) is 9.97 Å². The lowest BCUT2D eigenvalue weighted by atomic mass is 9.94. The van der Waals surface area contributed by atoms with E-state index in [9.17, 15) is 0 Å². The zero-order chi connectivity index (χ0) is 13.8. The molecular formula is C14H23ClN4. The highest BCUT2D eigenvalue weighted by molar-refractivity contribution is 6.30. The van der Waals surface area contributed by atoms with Crippen LogP contribution in [0.25, 0.3) is 0 Å². The smallest absolute Gasteiger partial charge is 0.137 e. The van der Waals surface area contributed by atoms with E-state index in [1.54, 1.807) is 0 Å². The van der Waals surface area contributed by atoms with E-state index in [0.29, 0.717) is 5.15 Å². The van der Waals surface area contributed by atoms with Crippen LogP contribution in [0.1, 0.15) is 30.7 Å². The van der Waals surface area contributed by atoms with Gasteiger partial charge in [0.05, 0.1) is 0 Å². The molecule has 4 nitrogen and oxygen atoms in total. The van der Waals surface area contributed by atoms with Gasteiger partial charge in [-0.2, -0.15) is 0 Å². The topological polar surface area (TPSA) is 41.1 Å². The summed E-state index contributed by atoms with van der Waals surface area (Å²) < 4.78 is 0. The summed E-state index contributed by atoms with van der Waals surface area (Å²) in [6.07, 6.45) is 3.81. The van der Waals surface area contributed by atoms with E-state index in [1.165, 1.54) is 32.4 Å². The van der Waals surface area contributed by atoms with Gasteiger partial charge < -0.3 is 10.2 Å². The van der Waals surface area contributed by atoms with Crippen molar-refractivity contribution in [1.29, 1.82) is 0 Å². The zero-order valence-corrected chi connectivity index (χ0v) is 12.8. The largest absolute Gasteiger partial charge is 0.370 e. The minimum atomic E-state index is 0.550. The fourth-order valence-corrected chi connectivity index (χ4v) is 2.72. The van der Waals surface area contributed by atoms with Gasteiger partial charge in [0.2, 0.25) is 0 Å². The van der Waals surface area contributed by atoms with E-state index < -0.39 is 0 Å². The number of nitrogens with one attached hydrogen (secondary N) is 1. The highest BCUT2D eigenvalue weighted by Gasteiger charge is 2.16. The van der Waals surface area contributed by atoms with Crippen molar-refractivity contribution in [3.63, 3.8) is 0 Å². The Morgan fingerprint density at radius 2 is 1.95 bits per heavy atom. The first-order valence-corrected chi connectivity index (χ1v) is 7.37. The third kappa shape index (κ3) is 4.05. The second-order valence-electron chi connectivity index (χ2n) is 5.50. The molecule has 106 valence electrons. The first kappa shape index (κ1) is 14.5. The monoisotopic (exact) mass is 282 g/mol. The minimum Gasteiger partial charge on any atom is -0.370 e. The first-order chi connectivity index (χ1) is 9.06. The summed E-state index contributed by atoms with van der Waals surface area (Å²) in [5.74, 6) is 2.44. The Hall–Kier alpha value is -0.870. The molecule has 5 heteroatoms. The molecule has 0 unspecified atom stereocenters. The van der Waals surface area contributed by atoms with Crippen LogP contribution in [0.4, 0.5) is 5.82 Å². The average molecular weight is 283 g/mol. The summed E-state index contributed by atoms with van der Waals surface area (Å²) in [6, 6.07) is 0. The number of hydrogen-bond donors (Lipinski definition) is 1. The molecule has 0 saturated carbocycles. The number of aryl methyl sites for hydroxylation is 1. The molecular weight excluding hydrogens is 260 g/mol. The Balaban J connectivity index is 1.83. The molecule has 0 aromatic carbocycles. The van der Waals surface area contributed by atoms with Crippen molar-refractivity contribution in [2.75, 3.05) is 32.0 Å². The van der Waals surface area contributed by atoms with Crippen LogP contribution in [0.3, 0.4) is 0 Å². The second-order valence-corrected chi connectivity index (χ2v) is 5.86. The number of halogens is 1. The van der Waals surface area contributed by atoms with E-state index in [2.05, 4.69) is 27.2 Å². The highest BCUT2D eigenvalue weighted by Crippen LogP contribution is 2.22. The number of likely N-dealkylation sites (tertiary alicyclic amines) is 1. The van der Waals surface area contributed by atoms with Crippen molar-refractivity contribution in [3.05, 3.63) is 16.5 Å². The van der Waals surface area contributed by atoms with Crippen LogP contribution < -0.4 is 5.32 Å². The summed E-state index contributed by atoms with van der Waals surface area (Å²) in [5.41, 5.74) is 0.940. The fraction of sp³-hybridized carbons (Fsp3) is 0.714. The minimum absolute atomic E-state index is 0.550. The summed E-state index contributed by atoms with van der Waals surface area (Å²) in [6.45, 7) is 7.24. The van der Waals surface area contributed by atoms with E-state index in [0.717, 1.165) is 29.7 Å². The number of hydrogen-bond acceptors (Lipinski definition) is 4. The fourth-order valence-electron chi connectivity index (χ4n) is 2.51. The Morgan fingerprint density at radius 3 is 2.63 bits per heavy atom. The van der Waals surface area contributed by atoms with Gasteiger partial charge in [0.15, 0.2) is 0 Å². The lowest BCUT2D eigenvalue weighted by Gasteiger charge is -2.29. The van der Waals surface area contributed by atoms with Crippen LogP contribution in [0.15, 0.2) is 0 Å². The molecule has 1 N–H and O–H groups in total. The first-order valence-electron chi connectivity index (χ1n) is 6.99. The maximum Gasteiger partial charge on any atom is 0.137 e. The number of rotatable bonds is 4. The van der Waals surface area contributed by atoms with Crippen molar-refractivity contribution in [2.45, 2.75) is 33.1 Å². The molecule has 1 aromatic heterocycles. The van der Waals surface area contributed by atoms with Gasteiger partial charge in [-0.15, -0.1) is 0 Å². The molecule has 0 radical (unpaired) electrons. The second kappa shape index (κ2) is 6.53. The average Bonchev–Trinajstić information content (AvgIpc) is 2.37. The Morgan fingerprint density at radius 1 is 1.26 bits per heavy atom. The Bertz CT molecular complexity index is 428. The van der Waals surface area contributed by atoms with Gasteiger partial charge >= 0.3 is 0 Å². The van der Waals surface area contributed by atoms with Crippen LogP contribution in [-0.4, -0.2) is 41.5 Å². The van der Waals surface area contributed by atoms with Crippen LogP contribution in [0.2, 0.25) is 5.15 Å². The van der Waals surface area contributed by atoms with Gasteiger partial charge in [0.1, 0.15) is 16.8 Å². The van der Waals surface area contributed by atoms with E-state index >= 15 is 0 Å². The van der Waals surface area contributed by atoms with Gasteiger partial charge in [0, 0.05) is 12.1 Å². The third-order valence-electron chi connectivity index (χ3n) is 3.88. The number of anilines is 1. The summed E-state index contributed by atoms with van der Waals surface area (Å²) >= 11 is 6.07. The molecule has 0 amide bonds. The van der Waals surface area contributed by atoms with Crippen molar-refractivity contribution in [2.24, 2.45) is 5.92 Å². The summed E-state index contributed by atoms with van der Waals surface area (Å²) in [5, 5.41) is 3.95. The molecule has 0 aliphatic carbocycles. The summed E-state index contributed by atoms with van der Waals surface area (Å²) in [7, 11) is 2.20. The number of piperidine rings is 1. The standard InChI is InChI=1S/C14H23ClN4/c1-10-13(15)17-11(2)18-14(10)16-7-4-12-5-8-19(3)9-6-12/h12H,4-9H2,1-3H3,(H,16,17,18). The van der Waals surface area contributed by atoms with Crippen molar-refractivity contribution in [1.82, 2.24) is 14.9 Å². The normalized spacial score (nSPS) is 17.7. The maximum atomic E-state index is 6.07. The van der Waals surface area contributed by atoms with Gasteiger partial charge in [-0.1, -0.05) is 11.6 Å². The molecule has 1 fully saturated rings. The van der Waals surface area contributed by atoms with Gasteiger partial charge in [0.25, 0.3) is 0 Å².